The summed E-state index contributed by atoms with van der Waals surface area (Å²) < 4.78 is 9.36. The van der Waals surface area contributed by atoms with Crippen molar-refractivity contribution in [2.75, 3.05) is 24.3 Å². The molecule has 1 unspecified atom stereocenters. The third-order valence-electron chi connectivity index (χ3n) is 6.94. The molecular weight excluding hydrogens is 492 g/mol. The molecule has 0 aliphatic carbocycles. The second-order valence-electron chi connectivity index (χ2n) is 9.72. The predicted molar refractivity (Wildman–Crippen MR) is 148 cm³/mol. The van der Waals surface area contributed by atoms with Gasteiger partial charge in [0.2, 0.25) is 5.95 Å². The van der Waals surface area contributed by atoms with Gasteiger partial charge in [-0.2, -0.15) is 9.78 Å². The van der Waals surface area contributed by atoms with Gasteiger partial charge in [0.25, 0.3) is 0 Å². The Morgan fingerprint density at radius 2 is 1.77 bits per heavy atom. The molecule has 1 aliphatic heterocycles. The van der Waals surface area contributed by atoms with Crippen LogP contribution in [-0.2, 0) is 22.7 Å². The molecule has 39 heavy (non-hydrogen) atoms. The number of esters is 1. The number of carbonyl (C=O) groups excluding carboxylic acids is 1. The molecule has 0 amide bonds. The molecule has 0 bridgehead atoms. The van der Waals surface area contributed by atoms with Crippen LogP contribution in [0.4, 0.5) is 11.6 Å². The minimum atomic E-state index is -0.554. The molecule has 1 aliphatic rings. The first-order chi connectivity index (χ1) is 19.0. The van der Waals surface area contributed by atoms with Crippen LogP contribution in [0.15, 0.2) is 90.4 Å². The highest BCUT2D eigenvalue weighted by molar-refractivity contribution is 5.99. The topological polar surface area (TPSA) is 103 Å². The highest BCUT2D eigenvalue weighted by Gasteiger charge is 2.36. The fraction of sp³-hybridized carbons (Fsp3) is 0.207. The molecule has 0 radical (unpaired) electrons. The number of nitrogens with zero attached hydrogens (tertiary/aromatic N) is 7. The number of benzene rings is 3. The zero-order valence-corrected chi connectivity index (χ0v) is 21.9. The van der Waals surface area contributed by atoms with Crippen molar-refractivity contribution in [2.45, 2.75) is 26.1 Å². The number of tetrazole rings is 1. The van der Waals surface area contributed by atoms with Crippen molar-refractivity contribution >= 4 is 28.4 Å². The van der Waals surface area contributed by atoms with Gasteiger partial charge in [0.05, 0.1) is 12.1 Å². The van der Waals surface area contributed by atoms with Gasteiger partial charge in [-0.05, 0) is 51.6 Å². The summed E-state index contributed by atoms with van der Waals surface area (Å²) in [4.78, 5) is 15.7. The zero-order valence-electron chi connectivity index (χ0n) is 21.9. The maximum Gasteiger partial charge on any atom is 0.338 e. The van der Waals surface area contributed by atoms with Crippen LogP contribution in [0.3, 0.4) is 0 Å². The Bertz CT molecular complexity index is 1670. The number of carbonyl (C=O) groups is 1. The Balaban J connectivity index is 1.30. The molecule has 0 fully saturated rings. The first-order valence-corrected chi connectivity index (χ1v) is 12.7. The molecule has 0 saturated heterocycles. The van der Waals surface area contributed by atoms with E-state index < -0.39 is 12.0 Å². The van der Waals surface area contributed by atoms with Crippen molar-refractivity contribution in [3.05, 3.63) is 107 Å². The van der Waals surface area contributed by atoms with Crippen molar-refractivity contribution in [1.82, 2.24) is 30.0 Å². The predicted octanol–water partition coefficient (Wildman–Crippen LogP) is 4.17. The molecule has 3 aromatic carbocycles. The van der Waals surface area contributed by atoms with Crippen LogP contribution in [0.2, 0.25) is 0 Å². The number of allylic oxidation sites excluding steroid dienone is 1. The molecule has 1 atom stereocenters. The number of nitrogens with one attached hydrogen (secondary N) is 1. The number of ether oxygens (including phenoxy) is 1. The molecular formula is C29H28N8O2. The molecule has 10 heteroatoms. The Morgan fingerprint density at radius 3 is 2.51 bits per heavy atom. The standard InChI is InChI=1S/C29H28N8O2/c1-19-26(28(38)39-18-21-11-9-20(10-12-21)17-36-16-6-15-30-36)27(37-29(31-19)32-33-34-37)24-13-14-25(35(2)3)23-8-5-4-7-22(23)24/h4-16,27H,17-18H2,1-3H3,(H,31,32,34). The Morgan fingerprint density at radius 1 is 1.00 bits per heavy atom. The van der Waals surface area contributed by atoms with E-state index in [0.717, 1.165) is 33.2 Å². The van der Waals surface area contributed by atoms with E-state index in [1.165, 1.54) is 0 Å². The molecule has 0 saturated carbocycles. The second kappa shape index (κ2) is 10.1. The van der Waals surface area contributed by atoms with E-state index in [0.29, 0.717) is 23.8 Å². The fourth-order valence-electron chi connectivity index (χ4n) is 5.05. The van der Waals surface area contributed by atoms with Crippen molar-refractivity contribution < 1.29 is 9.53 Å². The van der Waals surface area contributed by atoms with Crippen LogP contribution >= 0.6 is 0 Å². The average molecular weight is 521 g/mol. The van der Waals surface area contributed by atoms with E-state index in [4.69, 9.17) is 4.74 Å². The van der Waals surface area contributed by atoms with Gasteiger partial charge in [-0.25, -0.2) is 4.79 Å². The normalized spacial score (nSPS) is 14.7. The van der Waals surface area contributed by atoms with E-state index in [-0.39, 0.29) is 6.61 Å². The monoisotopic (exact) mass is 520 g/mol. The van der Waals surface area contributed by atoms with Gasteiger partial charge in [0.15, 0.2) is 0 Å². The zero-order chi connectivity index (χ0) is 26.9. The minimum Gasteiger partial charge on any atom is -0.457 e. The highest BCUT2D eigenvalue weighted by Crippen LogP contribution is 2.40. The van der Waals surface area contributed by atoms with Crippen molar-refractivity contribution in [2.24, 2.45) is 0 Å². The molecule has 5 aromatic rings. The van der Waals surface area contributed by atoms with Crippen molar-refractivity contribution in [3.63, 3.8) is 0 Å². The third kappa shape index (κ3) is 4.61. The summed E-state index contributed by atoms with van der Waals surface area (Å²) in [6, 6.07) is 21.6. The van der Waals surface area contributed by atoms with E-state index >= 15 is 0 Å². The largest absolute Gasteiger partial charge is 0.457 e. The first kappa shape index (κ1) is 24.4. The van der Waals surface area contributed by atoms with Crippen LogP contribution < -0.4 is 10.2 Å². The summed E-state index contributed by atoms with van der Waals surface area (Å²) in [7, 11) is 4.03. The van der Waals surface area contributed by atoms with E-state index in [2.05, 4.69) is 49.0 Å². The highest BCUT2D eigenvalue weighted by atomic mass is 16.5. The van der Waals surface area contributed by atoms with Crippen molar-refractivity contribution in [1.29, 1.82) is 0 Å². The molecule has 3 heterocycles. The lowest BCUT2D eigenvalue weighted by Crippen LogP contribution is -2.30. The molecule has 196 valence electrons. The van der Waals surface area contributed by atoms with Crippen LogP contribution in [0.1, 0.15) is 29.7 Å². The molecule has 1 N–H and O–H groups in total. The van der Waals surface area contributed by atoms with Crippen LogP contribution in [-0.4, -0.2) is 50.1 Å². The fourth-order valence-corrected chi connectivity index (χ4v) is 5.05. The molecule has 6 rings (SSSR count). The first-order valence-electron chi connectivity index (χ1n) is 12.7. The maximum absolute atomic E-state index is 13.7. The third-order valence-corrected chi connectivity index (χ3v) is 6.94. The van der Waals surface area contributed by atoms with Gasteiger partial charge >= 0.3 is 5.97 Å². The number of fused-ring (bicyclic) bond motifs is 2. The number of aromatic nitrogens is 6. The number of rotatable bonds is 7. The van der Waals surface area contributed by atoms with Crippen LogP contribution in [0.5, 0.6) is 0 Å². The quantitative estimate of drug-likeness (QED) is 0.319. The minimum absolute atomic E-state index is 0.146. The number of anilines is 2. The van der Waals surface area contributed by atoms with Crippen molar-refractivity contribution in [3.8, 4) is 0 Å². The summed E-state index contributed by atoms with van der Waals surface area (Å²) in [5.41, 5.74) is 5.13. The van der Waals surface area contributed by atoms with Gasteiger partial charge in [0.1, 0.15) is 12.6 Å². The summed E-state index contributed by atoms with van der Waals surface area (Å²) in [5.74, 6) is 0.0510. The lowest BCUT2D eigenvalue weighted by Gasteiger charge is -2.29. The summed E-state index contributed by atoms with van der Waals surface area (Å²) in [6.07, 6.45) is 3.68. The number of hydrogen-bond acceptors (Lipinski definition) is 8. The molecule has 10 nitrogen and oxygen atoms in total. The Labute approximate surface area is 225 Å². The summed E-state index contributed by atoms with van der Waals surface area (Å²) in [6.45, 7) is 2.68. The van der Waals surface area contributed by atoms with Crippen LogP contribution in [0, 0.1) is 0 Å². The lowest BCUT2D eigenvalue weighted by atomic mass is 9.91. The lowest BCUT2D eigenvalue weighted by molar-refractivity contribution is -0.140. The van der Waals surface area contributed by atoms with Crippen LogP contribution in [0.25, 0.3) is 10.8 Å². The number of hydrogen-bond donors (Lipinski definition) is 1. The van der Waals surface area contributed by atoms with E-state index in [1.54, 1.807) is 10.9 Å². The SMILES string of the molecule is CC1=C(C(=O)OCc2ccc(Cn3cccn3)cc2)C(c2ccc(N(C)C)c3ccccc23)n2nnnc2N1. The smallest absolute Gasteiger partial charge is 0.338 e. The van der Waals surface area contributed by atoms with E-state index in [9.17, 15) is 4.79 Å². The Kier molecular flexibility index (Phi) is 6.28. The molecule has 0 spiro atoms. The Hall–Kier alpha value is -4.99. The van der Waals surface area contributed by atoms with E-state index in [1.807, 2.05) is 80.4 Å². The maximum atomic E-state index is 13.7. The summed E-state index contributed by atoms with van der Waals surface area (Å²) >= 11 is 0. The summed E-state index contributed by atoms with van der Waals surface area (Å²) in [5, 5.41) is 21.7. The van der Waals surface area contributed by atoms with Gasteiger partial charge in [-0.3, -0.25) is 4.68 Å². The van der Waals surface area contributed by atoms with Gasteiger partial charge < -0.3 is 15.0 Å². The average Bonchev–Trinajstić information content (AvgIpc) is 3.63. The van der Waals surface area contributed by atoms with Gasteiger partial charge in [-0.15, -0.1) is 0 Å². The van der Waals surface area contributed by atoms with Gasteiger partial charge in [0, 0.05) is 43.3 Å². The van der Waals surface area contributed by atoms with Gasteiger partial charge in [-0.1, -0.05) is 59.7 Å². The molecule has 2 aromatic heterocycles. The second-order valence-corrected chi connectivity index (χ2v) is 9.72.